The number of rotatable bonds is 9. The van der Waals surface area contributed by atoms with Gasteiger partial charge in [-0.2, -0.15) is 13.2 Å². The van der Waals surface area contributed by atoms with Crippen LogP contribution < -0.4 is 10.6 Å². The molecule has 3 amide bonds. The van der Waals surface area contributed by atoms with Gasteiger partial charge in [-0.25, -0.2) is 0 Å². The summed E-state index contributed by atoms with van der Waals surface area (Å²) in [6.45, 7) is 5.78. The lowest BCUT2D eigenvalue weighted by Gasteiger charge is -2.33. The van der Waals surface area contributed by atoms with E-state index < -0.39 is 53.3 Å². The molecule has 1 fully saturated rings. The molecule has 0 bridgehead atoms. The van der Waals surface area contributed by atoms with Gasteiger partial charge in [0.2, 0.25) is 11.8 Å². The van der Waals surface area contributed by atoms with E-state index in [-0.39, 0.29) is 18.8 Å². The molecule has 1 saturated heterocycles. The first kappa shape index (κ1) is 29.5. The van der Waals surface area contributed by atoms with Crippen molar-refractivity contribution in [3.05, 3.63) is 71.3 Å². The van der Waals surface area contributed by atoms with Crippen LogP contribution in [0.25, 0.3) is 0 Å². The molecule has 2 aromatic rings. The summed E-state index contributed by atoms with van der Waals surface area (Å²) in [5.41, 5.74) is 2.52. The Balaban J connectivity index is 1.79. The van der Waals surface area contributed by atoms with Crippen LogP contribution in [0, 0.1) is 6.92 Å². The number of benzene rings is 2. The number of nitrogens with one attached hydrogen (secondary N) is 2. The lowest BCUT2D eigenvalue weighted by atomic mass is 9.97. The van der Waals surface area contributed by atoms with E-state index in [1.165, 1.54) is 16.7 Å². The number of carbonyl (C=O) groups is 3. The van der Waals surface area contributed by atoms with Crippen molar-refractivity contribution in [2.45, 2.75) is 69.3 Å². The molecular formula is C27H32F3N3O4S. The summed E-state index contributed by atoms with van der Waals surface area (Å²) >= 11 is 1.35. The molecule has 0 aromatic heterocycles. The second kappa shape index (κ2) is 12.2. The molecule has 11 heteroatoms. The molecule has 0 saturated carbocycles. The maximum absolute atomic E-state index is 13.5. The third-order valence-corrected chi connectivity index (χ3v) is 7.81. The highest BCUT2D eigenvalue weighted by molar-refractivity contribution is 8.00. The van der Waals surface area contributed by atoms with Crippen molar-refractivity contribution in [2.75, 3.05) is 5.88 Å². The maximum Gasteiger partial charge on any atom is 0.397 e. The number of aliphatic hydroxyl groups excluding tert-OH is 1. The molecule has 3 N–H and O–H groups in total. The molecular weight excluding hydrogens is 519 g/mol. The summed E-state index contributed by atoms with van der Waals surface area (Å²) < 4.78 is 37.7. The summed E-state index contributed by atoms with van der Waals surface area (Å²) in [4.78, 5) is 40.1. The minimum absolute atomic E-state index is 0.0775. The van der Waals surface area contributed by atoms with Crippen LogP contribution >= 0.6 is 11.8 Å². The van der Waals surface area contributed by atoms with Crippen molar-refractivity contribution in [1.82, 2.24) is 15.5 Å². The Labute approximate surface area is 224 Å². The number of hydrogen-bond acceptors (Lipinski definition) is 5. The number of thioether (sulfide) groups is 1. The summed E-state index contributed by atoms with van der Waals surface area (Å²) in [6, 6.07) is 13.8. The van der Waals surface area contributed by atoms with Crippen molar-refractivity contribution < 1.29 is 32.7 Å². The van der Waals surface area contributed by atoms with Gasteiger partial charge in [-0.3, -0.25) is 14.4 Å². The Morgan fingerprint density at radius 3 is 2.37 bits per heavy atom. The van der Waals surface area contributed by atoms with Crippen molar-refractivity contribution in [3.63, 3.8) is 0 Å². The summed E-state index contributed by atoms with van der Waals surface area (Å²) in [7, 11) is 0. The number of aliphatic hydroxyl groups is 1. The highest BCUT2D eigenvalue weighted by Gasteiger charge is 2.49. The fourth-order valence-corrected chi connectivity index (χ4v) is 5.53. The highest BCUT2D eigenvalue weighted by atomic mass is 32.2. The van der Waals surface area contributed by atoms with Gasteiger partial charge < -0.3 is 20.6 Å². The predicted molar refractivity (Wildman–Crippen MR) is 139 cm³/mol. The fourth-order valence-electron chi connectivity index (χ4n) is 4.39. The molecule has 3 atom stereocenters. The predicted octanol–water partition coefficient (Wildman–Crippen LogP) is 3.33. The average molecular weight is 552 g/mol. The van der Waals surface area contributed by atoms with E-state index >= 15 is 0 Å². The molecule has 2 aromatic carbocycles. The lowest BCUT2D eigenvalue weighted by Crippen LogP contribution is -2.58. The zero-order valence-electron chi connectivity index (χ0n) is 21.4. The van der Waals surface area contributed by atoms with E-state index in [4.69, 9.17) is 0 Å². The Morgan fingerprint density at radius 2 is 1.74 bits per heavy atom. The van der Waals surface area contributed by atoms with Crippen LogP contribution in [0.2, 0.25) is 0 Å². The van der Waals surface area contributed by atoms with Crippen molar-refractivity contribution in [1.29, 1.82) is 0 Å². The number of carbonyl (C=O) groups excluding carboxylic acids is 3. The van der Waals surface area contributed by atoms with Crippen LogP contribution in [0.4, 0.5) is 13.2 Å². The monoisotopic (exact) mass is 551 g/mol. The lowest BCUT2D eigenvalue weighted by molar-refractivity contribution is -0.156. The number of nitrogens with zero attached hydrogens (tertiary/aromatic N) is 1. The first-order valence-electron chi connectivity index (χ1n) is 12.1. The third-order valence-electron chi connectivity index (χ3n) is 6.43. The van der Waals surface area contributed by atoms with E-state index in [1.807, 2.05) is 45.0 Å². The molecule has 1 aliphatic rings. The Morgan fingerprint density at radius 1 is 1.11 bits per heavy atom. The second-order valence-corrected chi connectivity index (χ2v) is 11.4. The molecule has 206 valence electrons. The molecule has 1 heterocycles. The van der Waals surface area contributed by atoms with Crippen molar-refractivity contribution >= 4 is 29.5 Å². The number of aryl methyl sites for hydroxylation is 1. The molecule has 1 aliphatic heterocycles. The van der Waals surface area contributed by atoms with Gasteiger partial charge in [-0.1, -0.05) is 54.6 Å². The van der Waals surface area contributed by atoms with Crippen molar-refractivity contribution in [2.24, 2.45) is 0 Å². The van der Waals surface area contributed by atoms with Gasteiger partial charge in [0, 0.05) is 11.3 Å². The summed E-state index contributed by atoms with van der Waals surface area (Å²) in [5, 5.41) is 16.1. The van der Waals surface area contributed by atoms with E-state index in [0.29, 0.717) is 5.56 Å². The Kier molecular flexibility index (Phi) is 9.48. The number of hydrogen-bond donors (Lipinski definition) is 3. The van der Waals surface area contributed by atoms with Gasteiger partial charge in [0.1, 0.15) is 12.5 Å². The molecule has 3 rings (SSSR count). The largest absolute Gasteiger partial charge is 0.397 e. The normalized spacial score (nSPS) is 18.5. The number of halogens is 3. The van der Waals surface area contributed by atoms with E-state index in [0.717, 1.165) is 11.1 Å². The minimum Gasteiger partial charge on any atom is -0.381 e. The Hall–Kier alpha value is -3.05. The van der Waals surface area contributed by atoms with Crippen LogP contribution in [0.1, 0.15) is 37.0 Å². The number of amides is 3. The summed E-state index contributed by atoms with van der Waals surface area (Å²) in [5.74, 6) is -2.51. The standard InChI is InChI=1S/C27H32F3N3O4S/c1-17-9-7-8-12-19(17)15-31-24(36)23-26(2,3)38-16-33(23)25(37)22(35)20(13-18-10-5-4-6-11-18)32-21(34)14-27(28,29)30/h4-12,20,22-23,35H,13-16H2,1-3H3,(H,31,36)(H,32,34)/t20-,22-,23-/m0/s1. The van der Waals surface area contributed by atoms with E-state index in [2.05, 4.69) is 10.6 Å². The quantitative estimate of drug-likeness (QED) is 0.444. The SMILES string of the molecule is Cc1ccccc1CNC(=O)[C@@H]1N(C(=O)[C@@H](O)[C@H](Cc2ccccc2)NC(=O)CC(F)(F)F)CSC1(C)C. The first-order chi connectivity index (χ1) is 17.8. The summed E-state index contributed by atoms with van der Waals surface area (Å²) in [6.07, 6.45) is -8.43. The third kappa shape index (κ3) is 7.73. The maximum atomic E-state index is 13.5. The smallest absolute Gasteiger partial charge is 0.381 e. The zero-order valence-corrected chi connectivity index (χ0v) is 22.2. The minimum atomic E-state index is -4.74. The molecule has 7 nitrogen and oxygen atoms in total. The Bertz CT molecular complexity index is 1140. The zero-order chi connectivity index (χ0) is 28.1. The van der Waals surface area contributed by atoms with E-state index in [9.17, 15) is 32.7 Å². The second-order valence-electron chi connectivity index (χ2n) is 9.83. The average Bonchev–Trinajstić information content (AvgIpc) is 3.16. The van der Waals surface area contributed by atoms with E-state index in [1.54, 1.807) is 30.3 Å². The first-order valence-corrected chi connectivity index (χ1v) is 13.1. The molecule has 0 radical (unpaired) electrons. The topological polar surface area (TPSA) is 98.7 Å². The van der Waals surface area contributed by atoms with Crippen LogP contribution in [-0.2, 0) is 27.3 Å². The van der Waals surface area contributed by atoms with Crippen molar-refractivity contribution in [3.8, 4) is 0 Å². The fraction of sp³-hybridized carbons (Fsp3) is 0.444. The molecule has 38 heavy (non-hydrogen) atoms. The van der Waals surface area contributed by atoms with Crippen LogP contribution in [0.15, 0.2) is 54.6 Å². The van der Waals surface area contributed by atoms with Gasteiger partial charge in [0.05, 0.1) is 11.9 Å². The van der Waals surface area contributed by atoms with Gasteiger partial charge >= 0.3 is 6.18 Å². The molecule has 0 spiro atoms. The molecule has 0 aliphatic carbocycles. The van der Waals surface area contributed by atoms with Crippen LogP contribution in [0.3, 0.4) is 0 Å². The molecule has 0 unspecified atom stereocenters. The van der Waals surface area contributed by atoms with Gasteiger partial charge in [0.15, 0.2) is 6.10 Å². The van der Waals surface area contributed by atoms with Crippen LogP contribution in [0.5, 0.6) is 0 Å². The van der Waals surface area contributed by atoms with Gasteiger partial charge in [-0.05, 0) is 43.9 Å². The van der Waals surface area contributed by atoms with Gasteiger partial charge in [0.25, 0.3) is 5.91 Å². The van der Waals surface area contributed by atoms with Gasteiger partial charge in [-0.15, -0.1) is 11.8 Å². The number of alkyl halides is 3. The van der Waals surface area contributed by atoms with Crippen LogP contribution in [-0.4, -0.2) is 62.7 Å². The highest BCUT2D eigenvalue weighted by Crippen LogP contribution is 2.40.